The molecule has 254 valence electrons. The molecule has 0 saturated heterocycles. The van der Waals surface area contributed by atoms with Crippen LogP contribution in [-0.4, -0.2) is 38.4 Å². The van der Waals surface area contributed by atoms with Crippen molar-refractivity contribution in [3.05, 3.63) is 118 Å². The number of benzene rings is 4. The number of ketones is 1. The Kier molecular flexibility index (Phi) is 8.94. The summed E-state index contributed by atoms with van der Waals surface area (Å²) in [4.78, 5) is 14.2. The fourth-order valence-corrected chi connectivity index (χ4v) is 6.85. The molecule has 2 heterocycles. The van der Waals surface area contributed by atoms with Crippen LogP contribution >= 0.6 is 0 Å². The molecule has 0 aliphatic carbocycles. The van der Waals surface area contributed by atoms with Crippen LogP contribution in [0.5, 0.6) is 46.0 Å². The Morgan fingerprint density at radius 2 is 1.55 bits per heavy atom. The van der Waals surface area contributed by atoms with E-state index in [1.54, 1.807) is 18.2 Å². The van der Waals surface area contributed by atoms with E-state index in [0.29, 0.717) is 52.2 Å². The Bertz CT molecular complexity index is 1950. The molecule has 0 unspecified atom stereocenters. The number of hydrogen-bond acceptors (Lipinski definition) is 9. The second-order valence-electron chi connectivity index (χ2n) is 13.1. The van der Waals surface area contributed by atoms with Gasteiger partial charge in [0.25, 0.3) is 0 Å². The number of aromatic hydroxyl groups is 5. The molecule has 4 aromatic rings. The molecule has 2 aliphatic heterocycles. The molecule has 4 aromatic carbocycles. The summed E-state index contributed by atoms with van der Waals surface area (Å²) in [6, 6.07) is 15.3. The van der Waals surface area contributed by atoms with Crippen LogP contribution in [0.1, 0.15) is 89.9 Å². The molecular weight excluding hydrogens is 624 g/mol. The maximum Gasteiger partial charge on any atom is 0.174 e. The van der Waals surface area contributed by atoms with Gasteiger partial charge in [-0.3, -0.25) is 4.79 Å². The molecular formula is C40H40O9. The monoisotopic (exact) mass is 664 g/mol. The lowest BCUT2D eigenvalue weighted by Crippen LogP contribution is -2.23. The zero-order valence-electron chi connectivity index (χ0n) is 27.9. The largest absolute Gasteiger partial charge is 0.508 e. The van der Waals surface area contributed by atoms with Crippen molar-refractivity contribution < 1.29 is 44.5 Å². The minimum Gasteiger partial charge on any atom is -0.508 e. The summed E-state index contributed by atoms with van der Waals surface area (Å²) in [5, 5.41) is 53.3. The smallest absolute Gasteiger partial charge is 0.174 e. The molecule has 49 heavy (non-hydrogen) atoms. The first-order valence-electron chi connectivity index (χ1n) is 16.1. The second kappa shape index (κ2) is 13.1. The third kappa shape index (κ3) is 6.36. The molecule has 4 atom stereocenters. The fourth-order valence-electron chi connectivity index (χ4n) is 6.85. The highest BCUT2D eigenvalue weighted by Gasteiger charge is 2.46. The molecule has 0 fully saturated rings. The number of phenolic OH excluding ortho intramolecular Hbond substituents is 5. The quantitative estimate of drug-likeness (QED) is 0.112. The van der Waals surface area contributed by atoms with Gasteiger partial charge in [-0.2, -0.15) is 0 Å². The average Bonchev–Trinajstić information content (AvgIpc) is 3.44. The summed E-state index contributed by atoms with van der Waals surface area (Å²) in [6.07, 6.45) is 1.46. The van der Waals surface area contributed by atoms with E-state index >= 15 is 0 Å². The maximum absolute atomic E-state index is 14.2. The highest BCUT2D eigenvalue weighted by Crippen LogP contribution is 2.60. The van der Waals surface area contributed by atoms with Crippen molar-refractivity contribution in [3.63, 3.8) is 0 Å². The van der Waals surface area contributed by atoms with Gasteiger partial charge in [0.15, 0.2) is 5.78 Å². The second-order valence-corrected chi connectivity index (χ2v) is 13.1. The zero-order valence-corrected chi connectivity index (χ0v) is 27.9. The van der Waals surface area contributed by atoms with Crippen molar-refractivity contribution in [1.82, 2.24) is 0 Å². The number of hydrogen-bond donors (Lipinski definition) is 5. The van der Waals surface area contributed by atoms with E-state index in [-0.39, 0.29) is 58.2 Å². The summed E-state index contributed by atoms with van der Waals surface area (Å²) >= 11 is 0. The molecule has 0 saturated carbocycles. The van der Waals surface area contributed by atoms with Gasteiger partial charge in [-0.1, -0.05) is 35.9 Å². The summed E-state index contributed by atoms with van der Waals surface area (Å²) in [5.74, 6) is -0.950. The van der Waals surface area contributed by atoms with Gasteiger partial charge in [0.05, 0.1) is 19.4 Å². The molecule has 5 N–H and O–H groups in total. The fraction of sp³-hybridized carbons (Fsp3) is 0.275. The Labute approximate surface area is 285 Å². The van der Waals surface area contributed by atoms with Gasteiger partial charge in [0.1, 0.15) is 63.8 Å². The van der Waals surface area contributed by atoms with E-state index in [9.17, 15) is 30.3 Å². The standard InChI is InChI=1S/C40H40O9/c1-20(2)6-7-23(21(3)4)16-30-39-35(31(45)19-33(48-39)29-13-12-26(42)18-32(29)47-5)37(46)36-34(24-14-27(43)17-28(44)15-24)38(49-40(30)36)22-8-10-25(41)11-9-22/h6,8-15,17-18,23,33-34,38,41-44,46H,3,7,16,19H2,1-2,4-5H3/t23-,33-,34+,38-/m1/s1. The number of ether oxygens (including phenoxy) is 3. The minimum atomic E-state index is -0.791. The maximum atomic E-state index is 14.2. The van der Waals surface area contributed by atoms with Crippen molar-refractivity contribution in [2.24, 2.45) is 5.92 Å². The molecule has 0 bridgehead atoms. The highest BCUT2D eigenvalue weighted by atomic mass is 16.5. The predicted molar refractivity (Wildman–Crippen MR) is 184 cm³/mol. The van der Waals surface area contributed by atoms with Crippen LogP contribution in [0.15, 0.2) is 84.5 Å². The molecule has 2 aliphatic rings. The molecule has 9 heteroatoms. The first-order chi connectivity index (χ1) is 23.4. The van der Waals surface area contributed by atoms with Gasteiger partial charge in [-0.05, 0) is 87.1 Å². The molecule has 9 nitrogen and oxygen atoms in total. The molecule has 6 rings (SSSR count). The van der Waals surface area contributed by atoms with Crippen LogP contribution in [-0.2, 0) is 6.42 Å². The highest BCUT2D eigenvalue weighted by molar-refractivity contribution is 6.04. The average molecular weight is 665 g/mol. The number of phenols is 5. The van der Waals surface area contributed by atoms with E-state index in [4.69, 9.17) is 14.2 Å². The Morgan fingerprint density at radius 3 is 2.18 bits per heavy atom. The number of carbonyl (C=O) groups is 1. The first-order valence-corrected chi connectivity index (χ1v) is 16.1. The molecule has 0 amide bonds. The molecule has 0 aromatic heterocycles. The Hall–Kier alpha value is -5.57. The first kappa shape index (κ1) is 33.3. The summed E-state index contributed by atoms with van der Waals surface area (Å²) < 4.78 is 19.0. The number of allylic oxidation sites excluding steroid dienone is 3. The molecule has 0 radical (unpaired) electrons. The van der Waals surface area contributed by atoms with E-state index in [1.165, 1.54) is 49.6 Å². The van der Waals surface area contributed by atoms with E-state index in [1.807, 2.05) is 20.8 Å². The predicted octanol–water partition coefficient (Wildman–Crippen LogP) is 8.29. The van der Waals surface area contributed by atoms with E-state index in [2.05, 4.69) is 12.7 Å². The van der Waals surface area contributed by atoms with Gasteiger partial charge in [-0.25, -0.2) is 0 Å². The number of rotatable bonds is 9. The van der Waals surface area contributed by atoms with Gasteiger partial charge in [-0.15, -0.1) is 0 Å². The third-order valence-electron chi connectivity index (χ3n) is 9.31. The van der Waals surface area contributed by atoms with Crippen molar-refractivity contribution >= 4 is 5.78 Å². The van der Waals surface area contributed by atoms with Crippen molar-refractivity contribution in [2.75, 3.05) is 7.11 Å². The van der Waals surface area contributed by atoms with Gasteiger partial charge in [0.2, 0.25) is 0 Å². The van der Waals surface area contributed by atoms with Crippen molar-refractivity contribution in [3.8, 4) is 46.0 Å². The number of methoxy groups -OCH3 is 1. The molecule has 0 spiro atoms. The lowest BCUT2D eigenvalue weighted by molar-refractivity contribution is 0.0838. The Morgan fingerprint density at radius 1 is 0.878 bits per heavy atom. The van der Waals surface area contributed by atoms with Gasteiger partial charge in [0, 0.05) is 28.8 Å². The van der Waals surface area contributed by atoms with Crippen LogP contribution in [0.2, 0.25) is 0 Å². The van der Waals surface area contributed by atoms with E-state index in [0.717, 1.165) is 11.1 Å². The summed E-state index contributed by atoms with van der Waals surface area (Å²) in [5.41, 5.74) is 4.65. The van der Waals surface area contributed by atoms with Gasteiger partial charge >= 0.3 is 0 Å². The van der Waals surface area contributed by atoms with Crippen LogP contribution in [0.4, 0.5) is 0 Å². The van der Waals surface area contributed by atoms with Crippen molar-refractivity contribution in [2.45, 2.75) is 58.2 Å². The van der Waals surface area contributed by atoms with Crippen LogP contribution < -0.4 is 14.2 Å². The lowest BCUT2D eigenvalue weighted by Gasteiger charge is -2.31. The van der Waals surface area contributed by atoms with Crippen LogP contribution in [0, 0.1) is 5.92 Å². The topological polar surface area (TPSA) is 146 Å². The van der Waals surface area contributed by atoms with E-state index < -0.39 is 18.1 Å². The van der Waals surface area contributed by atoms with Crippen LogP contribution in [0.25, 0.3) is 0 Å². The number of Topliss-reactive ketones (excluding diaryl/α,β-unsaturated/α-hetero) is 1. The van der Waals surface area contributed by atoms with Gasteiger partial charge < -0.3 is 39.7 Å². The summed E-state index contributed by atoms with van der Waals surface area (Å²) in [6.45, 7) is 10.3. The lowest BCUT2D eigenvalue weighted by atomic mass is 9.80. The zero-order chi connectivity index (χ0) is 35.1. The number of carbonyl (C=O) groups excluding carboxylic acids is 1. The normalized spacial score (nSPS) is 18.4. The Balaban J connectivity index is 1.61. The van der Waals surface area contributed by atoms with Crippen molar-refractivity contribution in [1.29, 1.82) is 0 Å². The summed E-state index contributed by atoms with van der Waals surface area (Å²) in [7, 11) is 1.47. The minimum absolute atomic E-state index is 0.000520. The SMILES string of the molecule is C=C(C)[C@H](CC=C(C)C)Cc1c2c(c(O)c3c1O[C@H](c1ccc(O)cc1)[C@H]3c1cc(O)cc(O)c1)C(=O)C[C@H](c1ccc(O)cc1OC)O2. The van der Waals surface area contributed by atoms with Crippen LogP contribution in [0.3, 0.4) is 0 Å². The third-order valence-corrected chi connectivity index (χ3v) is 9.31. The number of fused-ring (bicyclic) bond motifs is 2.